The van der Waals surface area contributed by atoms with E-state index in [1.165, 1.54) is 0 Å². The SMILES string of the molecule is [B]OC(=O)/C(=C\c1ccc2cc(C(C)C)oc2c1)CN. The third-order valence-electron chi connectivity index (χ3n) is 3.06. The van der Waals surface area contributed by atoms with Crippen molar-refractivity contribution in [1.82, 2.24) is 0 Å². The molecule has 2 radical (unpaired) electrons. The third-order valence-corrected chi connectivity index (χ3v) is 3.06. The number of fused-ring (bicyclic) bond motifs is 1. The molecule has 1 aromatic carbocycles. The van der Waals surface area contributed by atoms with Crippen molar-refractivity contribution < 1.29 is 13.9 Å². The van der Waals surface area contributed by atoms with Gasteiger partial charge in [0.2, 0.25) is 0 Å². The average Bonchev–Trinajstić information content (AvgIpc) is 2.87. The quantitative estimate of drug-likeness (QED) is 0.684. The number of rotatable bonds is 4. The molecule has 0 bridgehead atoms. The molecular weight excluding hydrogens is 253 g/mol. The van der Waals surface area contributed by atoms with Gasteiger partial charge in [-0.3, -0.25) is 0 Å². The fourth-order valence-electron chi connectivity index (χ4n) is 1.92. The predicted octanol–water partition coefficient (Wildman–Crippen LogP) is 2.52. The second-order valence-electron chi connectivity index (χ2n) is 4.88. The van der Waals surface area contributed by atoms with E-state index in [9.17, 15) is 4.79 Å². The van der Waals surface area contributed by atoms with Crippen molar-refractivity contribution in [3.05, 3.63) is 41.2 Å². The van der Waals surface area contributed by atoms with E-state index in [0.29, 0.717) is 11.5 Å². The van der Waals surface area contributed by atoms with Gasteiger partial charge in [-0.1, -0.05) is 26.0 Å². The van der Waals surface area contributed by atoms with Gasteiger partial charge in [0.25, 0.3) is 0 Å². The van der Waals surface area contributed by atoms with Crippen LogP contribution >= 0.6 is 0 Å². The summed E-state index contributed by atoms with van der Waals surface area (Å²) < 4.78 is 9.96. The van der Waals surface area contributed by atoms with Crippen LogP contribution in [-0.2, 0) is 9.45 Å². The van der Waals surface area contributed by atoms with Crippen LogP contribution in [0.1, 0.15) is 31.1 Å². The van der Waals surface area contributed by atoms with Gasteiger partial charge in [0.1, 0.15) is 11.3 Å². The Morgan fingerprint density at radius 2 is 2.20 bits per heavy atom. The Bertz CT molecular complexity index is 658. The topological polar surface area (TPSA) is 65.5 Å². The lowest BCUT2D eigenvalue weighted by atomic mass is 10.1. The molecule has 2 aromatic rings. The van der Waals surface area contributed by atoms with Gasteiger partial charge in [-0.2, -0.15) is 0 Å². The molecule has 0 aliphatic heterocycles. The first-order valence-electron chi connectivity index (χ1n) is 6.40. The summed E-state index contributed by atoms with van der Waals surface area (Å²) in [4.78, 5) is 11.4. The van der Waals surface area contributed by atoms with Crippen molar-refractivity contribution >= 4 is 31.1 Å². The Kier molecular flexibility index (Phi) is 4.30. The van der Waals surface area contributed by atoms with Crippen molar-refractivity contribution in [2.24, 2.45) is 5.73 Å². The summed E-state index contributed by atoms with van der Waals surface area (Å²) >= 11 is 0. The highest BCUT2D eigenvalue weighted by atomic mass is 16.5. The molecule has 102 valence electrons. The lowest BCUT2D eigenvalue weighted by Crippen LogP contribution is -2.14. The average molecular weight is 269 g/mol. The summed E-state index contributed by atoms with van der Waals surface area (Å²) in [5.74, 6) is 0.629. The molecule has 0 saturated heterocycles. The molecule has 0 amide bonds. The maximum atomic E-state index is 11.4. The van der Waals surface area contributed by atoms with Crippen LogP contribution in [0.4, 0.5) is 0 Å². The fourth-order valence-corrected chi connectivity index (χ4v) is 1.92. The van der Waals surface area contributed by atoms with Crippen LogP contribution < -0.4 is 5.73 Å². The summed E-state index contributed by atoms with van der Waals surface area (Å²) in [6.07, 6.45) is 1.65. The van der Waals surface area contributed by atoms with Crippen LogP contribution in [0.15, 0.2) is 34.3 Å². The molecule has 4 nitrogen and oxygen atoms in total. The Morgan fingerprint density at radius 3 is 2.80 bits per heavy atom. The van der Waals surface area contributed by atoms with Crippen LogP contribution in [0, 0.1) is 0 Å². The molecule has 2 N–H and O–H groups in total. The van der Waals surface area contributed by atoms with Gasteiger partial charge in [-0.15, -0.1) is 0 Å². The first-order valence-corrected chi connectivity index (χ1v) is 6.40. The minimum Gasteiger partial charge on any atom is -0.540 e. The highest BCUT2D eigenvalue weighted by molar-refractivity contribution is 6.10. The monoisotopic (exact) mass is 269 g/mol. The van der Waals surface area contributed by atoms with E-state index in [1.807, 2.05) is 24.3 Å². The minimum atomic E-state index is -0.630. The van der Waals surface area contributed by atoms with E-state index in [4.69, 9.17) is 18.2 Å². The van der Waals surface area contributed by atoms with Gasteiger partial charge in [0.15, 0.2) is 0 Å². The molecule has 0 atom stereocenters. The predicted molar refractivity (Wildman–Crippen MR) is 79.2 cm³/mol. The zero-order chi connectivity index (χ0) is 14.7. The molecule has 0 saturated carbocycles. The third kappa shape index (κ3) is 2.94. The zero-order valence-electron chi connectivity index (χ0n) is 11.6. The number of nitrogens with two attached hydrogens (primary N) is 1. The number of benzene rings is 1. The highest BCUT2D eigenvalue weighted by Crippen LogP contribution is 2.26. The molecule has 2 rings (SSSR count). The fraction of sp³-hybridized carbons (Fsp3) is 0.267. The summed E-state index contributed by atoms with van der Waals surface area (Å²) in [6.45, 7) is 4.20. The number of carbonyl (C=O) groups excluding carboxylic acids is 1. The smallest absolute Gasteiger partial charge is 0.378 e. The van der Waals surface area contributed by atoms with E-state index in [1.54, 1.807) is 6.08 Å². The zero-order valence-corrected chi connectivity index (χ0v) is 11.6. The lowest BCUT2D eigenvalue weighted by Gasteiger charge is -2.02. The molecular formula is C15H16BNO3. The van der Waals surface area contributed by atoms with Crippen molar-refractivity contribution in [2.75, 3.05) is 6.54 Å². The van der Waals surface area contributed by atoms with Crippen LogP contribution in [0.3, 0.4) is 0 Å². The van der Waals surface area contributed by atoms with Crippen molar-refractivity contribution in [3.8, 4) is 0 Å². The molecule has 1 aromatic heterocycles. The number of hydrogen-bond donors (Lipinski definition) is 1. The molecule has 0 aliphatic rings. The Labute approximate surface area is 119 Å². The van der Waals surface area contributed by atoms with Gasteiger partial charge >= 0.3 is 14.0 Å². The minimum absolute atomic E-state index is 0.0590. The highest BCUT2D eigenvalue weighted by Gasteiger charge is 2.09. The largest absolute Gasteiger partial charge is 0.540 e. The van der Waals surface area contributed by atoms with Gasteiger partial charge in [0.05, 0.1) is 0 Å². The van der Waals surface area contributed by atoms with Gasteiger partial charge in [-0.25, -0.2) is 4.79 Å². The van der Waals surface area contributed by atoms with Crippen molar-refractivity contribution in [3.63, 3.8) is 0 Å². The number of hydrogen-bond acceptors (Lipinski definition) is 4. The molecule has 0 aliphatic carbocycles. The Morgan fingerprint density at radius 1 is 1.45 bits per heavy atom. The summed E-state index contributed by atoms with van der Waals surface area (Å²) in [5.41, 5.74) is 7.40. The second-order valence-corrected chi connectivity index (χ2v) is 4.88. The Hall–Kier alpha value is -2.01. The summed E-state index contributed by atoms with van der Waals surface area (Å²) in [5, 5.41) is 1.03. The maximum absolute atomic E-state index is 11.4. The van der Waals surface area contributed by atoms with Crippen LogP contribution in [0.5, 0.6) is 0 Å². The second kappa shape index (κ2) is 5.97. The first-order chi connectivity index (χ1) is 9.55. The molecule has 20 heavy (non-hydrogen) atoms. The molecule has 0 spiro atoms. The van der Waals surface area contributed by atoms with Crippen molar-refractivity contribution in [1.29, 1.82) is 0 Å². The molecule has 0 fully saturated rings. The van der Waals surface area contributed by atoms with E-state index in [2.05, 4.69) is 18.5 Å². The molecule has 1 heterocycles. The number of carbonyl (C=O) groups is 1. The van der Waals surface area contributed by atoms with Crippen LogP contribution in [0.25, 0.3) is 17.0 Å². The molecule has 0 unspecified atom stereocenters. The lowest BCUT2D eigenvalue weighted by molar-refractivity contribution is -0.129. The van der Waals surface area contributed by atoms with Crippen LogP contribution in [-0.4, -0.2) is 20.6 Å². The standard InChI is InChI=1S/C15H16BNO3/c1-9(2)13-7-11-4-3-10(6-14(11)19-13)5-12(8-17)15(18)20-16/h3-7,9H,8,17H2,1-2H3/b12-5-. The van der Waals surface area contributed by atoms with E-state index in [-0.39, 0.29) is 6.54 Å². The van der Waals surface area contributed by atoms with Gasteiger partial charge in [-0.05, 0) is 23.8 Å². The summed E-state index contributed by atoms with van der Waals surface area (Å²) in [7, 11) is 4.86. The van der Waals surface area contributed by atoms with Crippen molar-refractivity contribution in [2.45, 2.75) is 19.8 Å². The van der Waals surface area contributed by atoms with E-state index in [0.717, 1.165) is 22.3 Å². The van der Waals surface area contributed by atoms with Gasteiger partial charge < -0.3 is 14.8 Å². The maximum Gasteiger partial charge on any atom is 0.378 e. The number of furan rings is 1. The van der Waals surface area contributed by atoms with Crippen LogP contribution in [0.2, 0.25) is 0 Å². The Balaban J connectivity index is 2.40. The molecule has 5 heteroatoms. The summed E-state index contributed by atoms with van der Waals surface area (Å²) in [6, 6.07) is 7.71. The van der Waals surface area contributed by atoms with Gasteiger partial charge in [0, 0.05) is 23.4 Å². The van der Waals surface area contributed by atoms with E-state index >= 15 is 0 Å². The normalized spacial score (nSPS) is 12.1. The first kappa shape index (κ1) is 14.4. The van der Waals surface area contributed by atoms with E-state index < -0.39 is 5.97 Å².